The summed E-state index contributed by atoms with van der Waals surface area (Å²) in [6.45, 7) is 0. The molecule has 1 aliphatic carbocycles. The molecule has 1 fully saturated rings. The molecule has 0 radical (unpaired) electrons. The zero-order valence-electron chi connectivity index (χ0n) is 19.4. The summed E-state index contributed by atoms with van der Waals surface area (Å²) in [7, 11) is -4.14. The van der Waals surface area contributed by atoms with E-state index in [-0.39, 0.29) is 22.2 Å². The van der Waals surface area contributed by atoms with Crippen LogP contribution in [0.4, 0.5) is 4.39 Å². The van der Waals surface area contributed by atoms with Gasteiger partial charge < -0.3 is 5.11 Å². The first kappa shape index (κ1) is 24.0. The van der Waals surface area contributed by atoms with Gasteiger partial charge in [0.15, 0.2) is 5.65 Å². The third-order valence-electron chi connectivity index (χ3n) is 6.90. The molecular formula is C27H27FN2O3S2. The number of hydrogen-bond acceptors (Lipinski definition) is 5. The van der Waals surface area contributed by atoms with E-state index in [4.69, 9.17) is 0 Å². The maximum atomic E-state index is 14.1. The van der Waals surface area contributed by atoms with E-state index >= 15 is 0 Å². The molecule has 1 N–H and O–H groups in total. The molecule has 8 heteroatoms. The Morgan fingerprint density at radius 2 is 1.77 bits per heavy atom. The molecule has 5 rings (SSSR count). The van der Waals surface area contributed by atoms with Gasteiger partial charge in [0.2, 0.25) is 0 Å². The fourth-order valence-corrected chi connectivity index (χ4v) is 7.10. The Hall–Kier alpha value is -2.68. The largest absolute Gasteiger partial charge is 0.379 e. The van der Waals surface area contributed by atoms with Crippen LogP contribution in [0.3, 0.4) is 0 Å². The van der Waals surface area contributed by atoms with E-state index in [1.807, 2.05) is 30.5 Å². The van der Waals surface area contributed by atoms with Crippen molar-refractivity contribution in [2.75, 3.05) is 6.26 Å². The fraction of sp³-hybridized carbons (Fsp3) is 0.296. The molecular weight excluding hydrogens is 483 g/mol. The summed E-state index contributed by atoms with van der Waals surface area (Å²) in [5, 5.41) is 12.7. The number of rotatable bonds is 7. The number of hydrogen-bond donors (Lipinski definition) is 1. The van der Waals surface area contributed by atoms with Crippen molar-refractivity contribution in [1.82, 2.24) is 8.96 Å². The highest BCUT2D eigenvalue weighted by Crippen LogP contribution is 2.43. The van der Waals surface area contributed by atoms with E-state index in [9.17, 15) is 17.9 Å². The second kappa shape index (κ2) is 9.41. The molecule has 1 aliphatic rings. The minimum absolute atomic E-state index is 0.0748. The van der Waals surface area contributed by atoms with Crippen molar-refractivity contribution in [1.29, 1.82) is 0 Å². The SMILES string of the molecule is CSc1ccc(C(O)(CC2CCCC2)c2cc3cc(F)cnc3n2S(=O)(=O)c2ccccc2)cc1. The summed E-state index contributed by atoms with van der Waals surface area (Å²) in [6, 6.07) is 18.5. The number of fused-ring (bicyclic) bond motifs is 1. The number of benzene rings is 2. The molecule has 182 valence electrons. The van der Waals surface area contributed by atoms with Gasteiger partial charge in [-0.1, -0.05) is 56.0 Å². The molecule has 1 unspecified atom stereocenters. The molecule has 0 bridgehead atoms. The van der Waals surface area contributed by atoms with Crippen molar-refractivity contribution in [3.8, 4) is 0 Å². The van der Waals surface area contributed by atoms with Crippen molar-refractivity contribution in [3.63, 3.8) is 0 Å². The topological polar surface area (TPSA) is 72.2 Å². The van der Waals surface area contributed by atoms with Crippen LogP contribution in [0, 0.1) is 11.7 Å². The molecule has 0 aliphatic heterocycles. The van der Waals surface area contributed by atoms with Gasteiger partial charge in [-0.3, -0.25) is 0 Å². The summed E-state index contributed by atoms with van der Waals surface area (Å²) < 4.78 is 43.1. The van der Waals surface area contributed by atoms with Crippen LogP contribution in [-0.2, 0) is 15.6 Å². The quantitative estimate of drug-likeness (QED) is 0.311. The molecule has 0 spiro atoms. The summed E-state index contributed by atoms with van der Waals surface area (Å²) in [5.41, 5.74) is -0.727. The summed E-state index contributed by atoms with van der Waals surface area (Å²) >= 11 is 1.59. The van der Waals surface area contributed by atoms with Gasteiger partial charge >= 0.3 is 0 Å². The lowest BCUT2D eigenvalue weighted by Crippen LogP contribution is -2.34. The van der Waals surface area contributed by atoms with Crippen molar-refractivity contribution >= 4 is 32.8 Å². The number of thioether (sulfide) groups is 1. The molecule has 2 heterocycles. The maximum Gasteiger partial charge on any atom is 0.269 e. The molecule has 5 nitrogen and oxygen atoms in total. The van der Waals surface area contributed by atoms with E-state index in [1.54, 1.807) is 36.0 Å². The smallest absolute Gasteiger partial charge is 0.269 e. The molecule has 2 aromatic heterocycles. The maximum absolute atomic E-state index is 14.1. The Morgan fingerprint density at radius 1 is 1.09 bits per heavy atom. The van der Waals surface area contributed by atoms with Crippen LogP contribution >= 0.6 is 11.8 Å². The predicted octanol–water partition coefficient (Wildman–Crippen LogP) is 5.95. The Bertz CT molecular complexity index is 1450. The Labute approximate surface area is 209 Å². The normalized spacial score (nSPS) is 16.5. The minimum atomic E-state index is -4.14. The van der Waals surface area contributed by atoms with Gasteiger partial charge in [-0.15, -0.1) is 11.8 Å². The van der Waals surface area contributed by atoms with E-state index in [1.165, 1.54) is 18.2 Å². The zero-order chi connectivity index (χ0) is 24.6. The molecule has 1 atom stereocenters. The Kier molecular flexibility index (Phi) is 6.46. The van der Waals surface area contributed by atoms with Gasteiger partial charge in [0.1, 0.15) is 11.4 Å². The summed E-state index contributed by atoms with van der Waals surface area (Å²) in [6.07, 6.45) is 7.48. The first-order chi connectivity index (χ1) is 16.8. The van der Waals surface area contributed by atoms with E-state index in [0.717, 1.165) is 40.7 Å². The van der Waals surface area contributed by atoms with Crippen molar-refractivity contribution < 1.29 is 17.9 Å². The lowest BCUT2D eigenvalue weighted by Gasteiger charge is -2.32. The van der Waals surface area contributed by atoms with Crippen LogP contribution in [0.15, 0.2) is 82.7 Å². The zero-order valence-corrected chi connectivity index (χ0v) is 21.0. The van der Waals surface area contributed by atoms with Crippen molar-refractivity contribution in [3.05, 3.63) is 90.0 Å². The van der Waals surface area contributed by atoms with Gasteiger partial charge in [0.05, 0.1) is 16.8 Å². The molecule has 0 amide bonds. The monoisotopic (exact) mass is 510 g/mol. The highest BCUT2D eigenvalue weighted by Gasteiger charge is 2.41. The number of halogens is 1. The van der Waals surface area contributed by atoms with Crippen LogP contribution in [0.25, 0.3) is 11.0 Å². The highest BCUT2D eigenvalue weighted by molar-refractivity contribution is 7.98. The van der Waals surface area contributed by atoms with E-state index in [2.05, 4.69) is 4.98 Å². The van der Waals surface area contributed by atoms with E-state index < -0.39 is 21.4 Å². The summed E-state index contributed by atoms with van der Waals surface area (Å²) in [4.78, 5) is 5.27. The van der Waals surface area contributed by atoms with Crippen LogP contribution < -0.4 is 0 Å². The molecule has 35 heavy (non-hydrogen) atoms. The van der Waals surface area contributed by atoms with Crippen LogP contribution in [0.2, 0.25) is 0 Å². The van der Waals surface area contributed by atoms with E-state index in [0.29, 0.717) is 17.4 Å². The molecule has 0 saturated heterocycles. The van der Waals surface area contributed by atoms with Gasteiger partial charge in [-0.05, 0) is 60.6 Å². The predicted molar refractivity (Wildman–Crippen MR) is 137 cm³/mol. The average Bonchev–Trinajstić information content (AvgIpc) is 3.52. The van der Waals surface area contributed by atoms with Gasteiger partial charge in [-0.2, -0.15) is 0 Å². The average molecular weight is 511 g/mol. The number of nitrogens with zero attached hydrogens (tertiary/aromatic N) is 2. The minimum Gasteiger partial charge on any atom is -0.379 e. The summed E-state index contributed by atoms with van der Waals surface area (Å²) in [5.74, 6) is -0.322. The van der Waals surface area contributed by atoms with Gasteiger partial charge in [0.25, 0.3) is 10.0 Å². The van der Waals surface area contributed by atoms with Crippen LogP contribution in [0.1, 0.15) is 43.4 Å². The standard InChI is InChI=1S/C27H27FN2O3S2/c1-34-23-13-11-21(12-14-23)27(31,17-19-7-5-6-8-19)25-16-20-15-22(28)18-29-26(20)30(25)35(32,33)24-9-3-2-4-10-24/h2-4,9-16,18-19,31H,5-8,17H2,1H3. The van der Waals surface area contributed by atoms with Crippen LogP contribution in [0.5, 0.6) is 0 Å². The first-order valence-corrected chi connectivity index (χ1v) is 14.3. The fourth-order valence-electron chi connectivity index (χ4n) is 5.14. The highest BCUT2D eigenvalue weighted by atomic mass is 32.2. The molecule has 1 saturated carbocycles. The first-order valence-electron chi connectivity index (χ1n) is 11.7. The lowest BCUT2D eigenvalue weighted by molar-refractivity contribution is 0.0482. The Balaban J connectivity index is 1.79. The number of aliphatic hydroxyl groups is 1. The van der Waals surface area contributed by atoms with Crippen molar-refractivity contribution in [2.24, 2.45) is 5.92 Å². The van der Waals surface area contributed by atoms with Crippen LogP contribution in [-0.4, -0.2) is 28.7 Å². The van der Waals surface area contributed by atoms with Crippen molar-refractivity contribution in [2.45, 2.75) is 47.5 Å². The van der Waals surface area contributed by atoms with Gasteiger partial charge in [0, 0.05) is 10.3 Å². The second-order valence-corrected chi connectivity index (χ2v) is 11.8. The molecule has 2 aromatic carbocycles. The second-order valence-electron chi connectivity index (χ2n) is 9.12. The lowest BCUT2D eigenvalue weighted by atomic mass is 9.81. The number of pyridine rings is 1. The molecule has 4 aromatic rings. The third kappa shape index (κ3) is 4.39. The number of aromatic nitrogens is 2. The van der Waals surface area contributed by atoms with Gasteiger partial charge in [-0.25, -0.2) is 21.8 Å². The third-order valence-corrected chi connectivity index (χ3v) is 9.36. The Morgan fingerprint density at radius 3 is 2.43 bits per heavy atom.